The van der Waals surface area contributed by atoms with Gasteiger partial charge in [-0.25, -0.2) is 9.78 Å². The van der Waals surface area contributed by atoms with E-state index in [4.69, 9.17) is 26.1 Å². The zero-order chi connectivity index (χ0) is 31.3. The van der Waals surface area contributed by atoms with E-state index >= 15 is 0 Å². The number of aromatic nitrogens is 2. The Morgan fingerprint density at radius 2 is 1.82 bits per heavy atom. The zero-order valence-electron chi connectivity index (χ0n) is 25.0. The number of ether oxygens (including phenoxy) is 2. The summed E-state index contributed by atoms with van der Waals surface area (Å²) in [5.41, 5.74) is 6.31. The predicted molar refractivity (Wildman–Crippen MR) is 175 cm³/mol. The molecule has 1 aliphatic rings. The summed E-state index contributed by atoms with van der Waals surface area (Å²) < 4.78 is 12.7. The molecule has 0 amide bonds. The lowest BCUT2D eigenvalue weighted by Gasteiger charge is -2.32. The largest absolute Gasteiger partial charge is 0.487 e. The number of carbonyl (C=O) groups is 1. The number of fused-ring (bicyclic) bond motifs is 2. The minimum Gasteiger partial charge on any atom is -0.487 e. The van der Waals surface area contributed by atoms with Crippen molar-refractivity contribution >= 4 is 44.8 Å². The Hall–Kier alpha value is -4.02. The number of thiazole rings is 1. The molecule has 0 spiro atoms. The Balaban J connectivity index is 1.50. The van der Waals surface area contributed by atoms with Gasteiger partial charge in [-0.2, -0.15) is 0 Å². The third kappa shape index (κ3) is 5.76. The van der Waals surface area contributed by atoms with E-state index in [0.29, 0.717) is 16.3 Å². The molecule has 5 aromatic rings. The van der Waals surface area contributed by atoms with E-state index < -0.39 is 23.9 Å². The highest BCUT2D eigenvalue weighted by atomic mass is 35.5. The van der Waals surface area contributed by atoms with Gasteiger partial charge < -0.3 is 24.6 Å². The molecule has 0 radical (unpaired) electrons. The van der Waals surface area contributed by atoms with Gasteiger partial charge in [0.25, 0.3) is 0 Å². The molecule has 1 aliphatic heterocycles. The maximum Gasteiger partial charge on any atom is 0.337 e. The fourth-order valence-corrected chi connectivity index (χ4v) is 6.64. The second-order valence-corrected chi connectivity index (χ2v) is 13.3. The van der Waals surface area contributed by atoms with Crippen LogP contribution in [0.3, 0.4) is 0 Å². The van der Waals surface area contributed by atoms with Crippen LogP contribution in [0.5, 0.6) is 5.75 Å². The topological polar surface area (TPSA) is 105 Å². The van der Waals surface area contributed by atoms with Crippen LogP contribution in [0, 0.1) is 6.92 Å². The Kier molecular flexibility index (Phi) is 7.83. The first-order valence-electron chi connectivity index (χ1n) is 14.1. The number of carboxylic acid groups (broad SMARTS) is 1. The lowest BCUT2D eigenvalue weighted by atomic mass is 9.91. The molecule has 10 heteroatoms. The number of nitrogens with zero attached hydrogens (tertiary/aromatic N) is 3. The molecule has 2 atom stereocenters. The van der Waals surface area contributed by atoms with Gasteiger partial charge in [0.2, 0.25) is 0 Å². The zero-order valence-corrected chi connectivity index (χ0v) is 26.5. The second kappa shape index (κ2) is 11.5. The molecular weight excluding hydrogens is 598 g/mol. The van der Waals surface area contributed by atoms with Crippen molar-refractivity contribution in [1.29, 1.82) is 0 Å². The number of anilines is 1. The number of aliphatic hydroxyl groups excluding tert-OH is 1. The average molecular weight is 630 g/mol. The number of benzene rings is 3. The SMILES string of the molecule is Cc1cc2nc(-c3ccnc(-c4ccc5c(c4)N(C)C(O)CO5)c3)sc2c(-c2ccc(Cl)cc2)c1C(OC(C)(C)C)C(=O)O. The van der Waals surface area contributed by atoms with Crippen molar-refractivity contribution in [3.8, 4) is 38.7 Å². The lowest BCUT2D eigenvalue weighted by Crippen LogP contribution is -2.40. The molecule has 2 aromatic heterocycles. The number of aryl methyl sites for hydroxylation is 1. The highest BCUT2D eigenvalue weighted by molar-refractivity contribution is 7.22. The first kappa shape index (κ1) is 30.0. The first-order chi connectivity index (χ1) is 20.9. The number of likely N-dealkylation sites (N-methyl/N-ethyl adjacent to an activating group) is 1. The van der Waals surface area contributed by atoms with Crippen LogP contribution in [-0.2, 0) is 9.53 Å². The van der Waals surface area contributed by atoms with Crippen LogP contribution in [-0.4, -0.2) is 51.6 Å². The van der Waals surface area contributed by atoms with Crippen LogP contribution in [0.1, 0.15) is 38.0 Å². The van der Waals surface area contributed by atoms with Crippen molar-refractivity contribution in [2.45, 2.75) is 45.6 Å². The van der Waals surface area contributed by atoms with Crippen LogP contribution >= 0.6 is 22.9 Å². The highest BCUT2D eigenvalue weighted by Crippen LogP contribution is 2.45. The average Bonchev–Trinajstić information content (AvgIpc) is 3.41. The van der Waals surface area contributed by atoms with Gasteiger partial charge in [-0.3, -0.25) is 4.98 Å². The van der Waals surface area contributed by atoms with Gasteiger partial charge in [0.1, 0.15) is 17.4 Å². The summed E-state index contributed by atoms with van der Waals surface area (Å²) >= 11 is 7.73. The van der Waals surface area contributed by atoms with Crippen LogP contribution in [0.15, 0.2) is 66.9 Å². The number of halogens is 1. The second-order valence-electron chi connectivity index (χ2n) is 11.8. The van der Waals surface area contributed by atoms with Crippen molar-refractivity contribution < 1.29 is 24.5 Å². The number of rotatable bonds is 6. The summed E-state index contributed by atoms with van der Waals surface area (Å²) in [4.78, 5) is 24.1. The quantitative estimate of drug-likeness (QED) is 0.196. The molecule has 0 aliphatic carbocycles. The standard InChI is InChI=1S/C34H32ClN3O5S/c1-18-14-24-31(29(19-6-9-22(35)10-7-19)28(18)30(33(40)41)43-34(2,3)4)44-32(37-24)21-12-13-36-23(15-21)20-8-11-26-25(16-20)38(5)27(39)17-42-26/h6-16,27,30,39H,17H2,1-5H3,(H,40,41). The van der Waals surface area contributed by atoms with E-state index in [-0.39, 0.29) is 6.61 Å². The van der Waals surface area contributed by atoms with Crippen LogP contribution in [0.2, 0.25) is 5.02 Å². The van der Waals surface area contributed by atoms with Gasteiger partial charge in [-0.15, -0.1) is 11.3 Å². The molecule has 0 bridgehead atoms. The van der Waals surface area contributed by atoms with Crippen molar-refractivity contribution in [1.82, 2.24) is 9.97 Å². The van der Waals surface area contributed by atoms with Gasteiger partial charge in [-0.05, 0) is 87.4 Å². The molecule has 6 rings (SSSR count). The predicted octanol–water partition coefficient (Wildman–Crippen LogP) is 7.74. The molecule has 0 fully saturated rings. The fourth-order valence-electron chi connectivity index (χ4n) is 5.39. The van der Waals surface area contributed by atoms with E-state index in [1.807, 2.05) is 83.3 Å². The summed E-state index contributed by atoms with van der Waals surface area (Å²) in [7, 11) is 1.83. The van der Waals surface area contributed by atoms with E-state index in [9.17, 15) is 15.0 Å². The number of hydrogen-bond acceptors (Lipinski definition) is 8. The van der Waals surface area contributed by atoms with Gasteiger partial charge >= 0.3 is 5.97 Å². The van der Waals surface area contributed by atoms with E-state index in [2.05, 4.69) is 4.98 Å². The Morgan fingerprint density at radius 3 is 2.52 bits per heavy atom. The first-order valence-corrected chi connectivity index (χ1v) is 15.3. The third-order valence-electron chi connectivity index (χ3n) is 7.50. The van der Waals surface area contributed by atoms with Crippen LogP contribution in [0.4, 0.5) is 5.69 Å². The summed E-state index contributed by atoms with van der Waals surface area (Å²) in [5.74, 6) is -0.352. The van der Waals surface area contributed by atoms with Crippen molar-refractivity contribution in [2.24, 2.45) is 0 Å². The van der Waals surface area contributed by atoms with Crippen LogP contribution < -0.4 is 9.64 Å². The van der Waals surface area contributed by atoms with E-state index in [1.54, 1.807) is 23.2 Å². The summed E-state index contributed by atoms with van der Waals surface area (Å²) in [5, 5.41) is 22.0. The molecule has 3 heterocycles. The minimum atomic E-state index is -1.19. The molecule has 2 unspecified atom stereocenters. The Bertz CT molecular complexity index is 1880. The van der Waals surface area contributed by atoms with Gasteiger partial charge in [0.15, 0.2) is 12.3 Å². The monoisotopic (exact) mass is 629 g/mol. The molecule has 44 heavy (non-hydrogen) atoms. The minimum absolute atomic E-state index is 0.211. The van der Waals surface area contributed by atoms with E-state index in [1.165, 1.54) is 11.3 Å². The molecule has 3 aromatic carbocycles. The number of aliphatic carboxylic acids is 1. The van der Waals surface area contributed by atoms with Crippen LogP contribution in [0.25, 0.3) is 43.2 Å². The Morgan fingerprint density at radius 1 is 1.09 bits per heavy atom. The lowest BCUT2D eigenvalue weighted by molar-refractivity contribution is -0.160. The molecule has 226 valence electrons. The van der Waals surface area contributed by atoms with Crippen molar-refractivity contribution in [3.63, 3.8) is 0 Å². The molecular formula is C34H32ClN3O5S. The molecule has 8 nitrogen and oxygen atoms in total. The normalized spacial score (nSPS) is 15.6. The summed E-state index contributed by atoms with van der Waals surface area (Å²) in [6.45, 7) is 7.65. The number of pyridine rings is 1. The highest BCUT2D eigenvalue weighted by Gasteiger charge is 2.32. The van der Waals surface area contributed by atoms with Gasteiger partial charge in [-0.1, -0.05) is 23.7 Å². The van der Waals surface area contributed by atoms with Crippen molar-refractivity contribution in [3.05, 3.63) is 83.0 Å². The molecule has 2 N–H and O–H groups in total. The smallest absolute Gasteiger partial charge is 0.337 e. The Labute approximate surface area is 264 Å². The van der Waals surface area contributed by atoms with Gasteiger partial charge in [0, 0.05) is 40.5 Å². The molecule has 0 saturated carbocycles. The summed E-state index contributed by atoms with van der Waals surface area (Å²) in [6.07, 6.45) is -0.162. The number of hydrogen-bond donors (Lipinski definition) is 2. The van der Waals surface area contributed by atoms with E-state index in [0.717, 1.165) is 54.4 Å². The molecule has 0 saturated heterocycles. The maximum atomic E-state index is 12.6. The van der Waals surface area contributed by atoms with Crippen molar-refractivity contribution in [2.75, 3.05) is 18.6 Å². The number of aliphatic hydroxyl groups is 1. The fraction of sp³-hybridized carbons (Fsp3) is 0.265. The van der Waals surface area contributed by atoms with Gasteiger partial charge in [0.05, 0.1) is 27.2 Å². The summed E-state index contributed by atoms with van der Waals surface area (Å²) in [6, 6.07) is 19.0. The number of carboxylic acids is 1. The maximum absolute atomic E-state index is 12.6. The third-order valence-corrected chi connectivity index (χ3v) is 8.88.